The summed E-state index contributed by atoms with van der Waals surface area (Å²) in [4.78, 5) is 2.53. The number of rotatable bonds is 5. The smallest absolute Gasteiger partial charge is 0.161 e. The Morgan fingerprint density at radius 2 is 2.10 bits per heavy atom. The Labute approximate surface area is 127 Å². The molecule has 1 atom stereocenters. The molecule has 1 aromatic carbocycles. The number of benzene rings is 1. The molecular formula is C17H26N2O2. The minimum absolute atomic E-state index is 0.654. The molecule has 1 saturated heterocycles. The van der Waals surface area contributed by atoms with Gasteiger partial charge in [-0.2, -0.15) is 0 Å². The van der Waals surface area contributed by atoms with Crippen LogP contribution in [-0.2, 0) is 6.54 Å². The van der Waals surface area contributed by atoms with Gasteiger partial charge in [0, 0.05) is 13.1 Å². The normalized spacial score (nSPS) is 21.5. The summed E-state index contributed by atoms with van der Waals surface area (Å²) in [5, 5.41) is 3.51. The molecule has 3 rings (SSSR count). The standard InChI is InChI=1S/C17H26N2O2/c1-2-19(13-15-4-3-7-18-11-15)12-14-5-6-16-17(10-14)21-9-8-20-16/h5-6,10,15,18H,2-4,7-9,11-13H2,1H3. The van der Waals surface area contributed by atoms with Crippen LogP contribution >= 0.6 is 0 Å². The van der Waals surface area contributed by atoms with Crippen LogP contribution in [-0.4, -0.2) is 44.3 Å². The second-order valence-corrected chi connectivity index (χ2v) is 6.02. The summed E-state index contributed by atoms with van der Waals surface area (Å²) in [5.41, 5.74) is 1.31. The highest BCUT2D eigenvalue weighted by atomic mass is 16.6. The molecule has 2 aliphatic rings. The molecule has 0 radical (unpaired) electrons. The SMILES string of the molecule is CCN(Cc1ccc2c(c1)OCCO2)CC1CCCNC1. The highest BCUT2D eigenvalue weighted by molar-refractivity contribution is 5.43. The second kappa shape index (κ2) is 7.14. The number of hydrogen-bond donors (Lipinski definition) is 1. The summed E-state index contributed by atoms with van der Waals surface area (Å²) >= 11 is 0. The quantitative estimate of drug-likeness (QED) is 0.902. The van der Waals surface area contributed by atoms with Crippen molar-refractivity contribution in [1.82, 2.24) is 10.2 Å². The summed E-state index contributed by atoms with van der Waals surface area (Å²) in [7, 11) is 0. The minimum atomic E-state index is 0.654. The first kappa shape index (κ1) is 14.7. The molecule has 0 saturated carbocycles. The van der Waals surface area contributed by atoms with Gasteiger partial charge in [-0.15, -0.1) is 0 Å². The maximum atomic E-state index is 5.68. The predicted molar refractivity (Wildman–Crippen MR) is 84.0 cm³/mol. The van der Waals surface area contributed by atoms with E-state index in [2.05, 4.69) is 29.3 Å². The number of ether oxygens (including phenoxy) is 2. The maximum absolute atomic E-state index is 5.68. The van der Waals surface area contributed by atoms with Crippen LogP contribution in [0.4, 0.5) is 0 Å². The third-order valence-electron chi connectivity index (χ3n) is 4.38. The first-order chi connectivity index (χ1) is 10.3. The van der Waals surface area contributed by atoms with E-state index >= 15 is 0 Å². The Hall–Kier alpha value is -1.26. The van der Waals surface area contributed by atoms with Crippen LogP contribution in [0.5, 0.6) is 11.5 Å². The molecule has 1 unspecified atom stereocenters. The van der Waals surface area contributed by atoms with Crippen LogP contribution < -0.4 is 14.8 Å². The molecular weight excluding hydrogens is 264 g/mol. The van der Waals surface area contributed by atoms with Crippen LogP contribution in [0, 0.1) is 5.92 Å². The van der Waals surface area contributed by atoms with E-state index in [1.54, 1.807) is 0 Å². The number of nitrogens with zero attached hydrogens (tertiary/aromatic N) is 1. The Bertz CT molecular complexity index is 458. The topological polar surface area (TPSA) is 33.7 Å². The number of piperidine rings is 1. The highest BCUT2D eigenvalue weighted by Crippen LogP contribution is 2.31. The Morgan fingerprint density at radius 1 is 1.24 bits per heavy atom. The summed E-state index contributed by atoms with van der Waals surface area (Å²) < 4.78 is 11.3. The fourth-order valence-corrected chi connectivity index (χ4v) is 3.19. The average Bonchev–Trinajstić information content (AvgIpc) is 2.55. The lowest BCUT2D eigenvalue weighted by atomic mass is 9.99. The van der Waals surface area contributed by atoms with E-state index in [0.29, 0.717) is 13.2 Å². The summed E-state index contributed by atoms with van der Waals surface area (Å²) in [6, 6.07) is 6.34. The molecule has 0 bridgehead atoms. The van der Waals surface area contributed by atoms with Gasteiger partial charge in [0.25, 0.3) is 0 Å². The van der Waals surface area contributed by atoms with Crippen LogP contribution in [0.2, 0.25) is 0 Å². The minimum Gasteiger partial charge on any atom is -0.486 e. The Kier molecular flexibility index (Phi) is 4.99. The van der Waals surface area contributed by atoms with Crippen molar-refractivity contribution in [3.8, 4) is 11.5 Å². The van der Waals surface area contributed by atoms with E-state index in [1.807, 2.05) is 6.07 Å². The fraction of sp³-hybridized carbons (Fsp3) is 0.647. The van der Waals surface area contributed by atoms with E-state index in [4.69, 9.17) is 9.47 Å². The summed E-state index contributed by atoms with van der Waals surface area (Å²) in [6.07, 6.45) is 2.66. The van der Waals surface area contributed by atoms with Crippen molar-refractivity contribution in [2.45, 2.75) is 26.3 Å². The van der Waals surface area contributed by atoms with Crippen molar-refractivity contribution in [2.75, 3.05) is 39.4 Å². The van der Waals surface area contributed by atoms with E-state index in [0.717, 1.165) is 37.1 Å². The average molecular weight is 290 g/mol. The van der Waals surface area contributed by atoms with E-state index < -0.39 is 0 Å². The second-order valence-electron chi connectivity index (χ2n) is 6.02. The number of fused-ring (bicyclic) bond motifs is 1. The zero-order chi connectivity index (χ0) is 14.5. The van der Waals surface area contributed by atoms with Gasteiger partial charge in [-0.25, -0.2) is 0 Å². The Morgan fingerprint density at radius 3 is 2.86 bits per heavy atom. The van der Waals surface area contributed by atoms with Crippen molar-refractivity contribution in [3.63, 3.8) is 0 Å². The van der Waals surface area contributed by atoms with Gasteiger partial charge in [0.15, 0.2) is 11.5 Å². The molecule has 2 aliphatic heterocycles. The largest absolute Gasteiger partial charge is 0.486 e. The lowest BCUT2D eigenvalue weighted by Gasteiger charge is -2.29. The molecule has 2 heterocycles. The van der Waals surface area contributed by atoms with Gasteiger partial charge in [0.2, 0.25) is 0 Å². The molecule has 0 amide bonds. The third kappa shape index (κ3) is 3.89. The molecule has 4 heteroatoms. The lowest BCUT2D eigenvalue weighted by molar-refractivity contribution is 0.170. The zero-order valence-corrected chi connectivity index (χ0v) is 12.9. The van der Waals surface area contributed by atoms with Crippen molar-refractivity contribution in [2.24, 2.45) is 5.92 Å². The fourth-order valence-electron chi connectivity index (χ4n) is 3.19. The van der Waals surface area contributed by atoms with Crippen LogP contribution in [0.3, 0.4) is 0 Å². The molecule has 21 heavy (non-hydrogen) atoms. The zero-order valence-electron chi connectivity index (χ0n) is 12.9. The molecule has 1 fully saturated rings. The van der Waals surface area contributed by atoms with Crippen LogP contribution in [0.15, 0.2) is 18.2 Å². The molecule has 116 valence electrons. The van der Waals surface area contributed by atoms with Gasteiger partial charge in [0.1, 0.15) is 13.2 Å². The van der Waals surface area contributed by atoms with Crippen LogP contribution in [0.25, 0.3) is 0 Å². The number of nitrogens with one attached hydrogen (secondary N) is 1. The number of hydrogen-bond acceptors (Lipinski definition) is 4. The van der Waals surface area contributed by atoms with Crippen molar-refractivity contribution >= 4 is 0 Å². The maximum Gasteiger partial charge on any atom is 0.161 e. The van der Waals surface area contributed by atoms with Gasteiger partial charge >= 0.3 is 0 Å². The first-order valence-corrected chi connectivity index (χ1v) is 8.16. The van der Waals surface area contributed by atoms with Crippen molar-refractivity contribution < 1.29 is 9.47 Å². The van der Waals surface area contributed by atoms with Gasteiger partial charge in [-0.1, -0.05) is 13.0 Å². The van der Waals surface area contributed by atoms with E-state index in [9.17, 15) is 0 Å². The van der Waals surface area contributed by atoms with Gasteiger partial charge in [0.05, 0.1) is 0 Å². The Balaban J connectivity index is 1.60. The van der Waals surface area contributed by atoms with Crippen molar-refractivity contribution in [3.05, 3.63) is 23.8 Å². The lowest BCUT2D eigenvalue weighted by Crippen LogP contribution is -2.38. The van der Waals surface area contributed by atoms with Gasteiger partial charge < -0.3 is 14.8 Å². The molecule has 0 aromatic heterocycles. The summed E-state index contributed by atoms with van der Waals surface area (Å²) in [6.45, 7) is 9.16. The van der Waals surface area contributed by atoms with Crippen molar-refractivity contribution in [1.29, 1.82) is 0 Å². The first-order valence-electron chi connectivity index (χ1n) is 8.16. The molecule has 1 N–H and O–H groups in total. The van der Waals surface area contributed by atoms with Gasteiger partial charge in [-0.05, 0) is 56.1 Å². The monoisotopic (exact) mass is 290 g/mol. The molecule has 0 spiro atoms. The van der Waals surface area contributed by atoms with E-state index in [1.165, 1.54) is 31.5 Å². The van der Waals surface area contributed by atoms with Crippen LogP contribution in [0.1, 0.15) is 25.3 Å². The molecule has 0 aliphatic carbocycles. The highest BCUT2D eigenvalue weighted by Gasteiger charge is 2.17. The van der Waals surface area contributed by atoms with E-state index in [-0.39, 0.29) is 0 Å². The summed E-state index contributed by atoms with van der Waals surface area (Å²) in [5.74, 6) is 2.56. The third-order valence-corrected chi connectivity index (χ3v) is 4.38. The molecule has 4 nitrogen and oxygen atoms in total. The predicted octanol–water partition coefficient (Wildman–Crippen LogP) is 2.28. The van der Waals surface area contributed by atoms with Gasteiger partial charge in [-0.3, -0.25) is 4.90 Å². The molecule has 1 aromatic rings.